The number of benzene rings is 1. The molecule has 0 fully saturated rings. The van der Waals surface area contributed by atoms with Gasteiger partial charge in [-0.3, -0.25) is 4.79 Å². The van der Waals surface area contributed by atoms with E-state index < -0.39 is 5.91 Å². The molecule has 0 saturated carbocycles. The second-order valence-electron chi connectivity index (χ2n) is 3.29. The van der Waals surface area contributed by atoms with Crippen LogP contribution in [0.15, 0.2) is 17.2 Å². The average molecular weight is 272 g/mol. The topological polar surface area (TPSA) is 99.9 Å². The summed E-state index contributed by atoms with van der Waals surface area (Å²) in [4.78, 5) is 10.7. The molecule has 0 aliphatic carbocycles. The molecule has 1 amide bonds. The summed E-state index contributed by atoms with van der Waals surface area (Å²) >= 11 is 6.00. The molecule has 6 nitrogen and oxygen atoms in total. The van der Waals surface area contributed by atoms with Crippen molar-refractivity contribution >= 4 is 23.7 Å². The van der Waals surface area contributed by atoms with Gasteiger partial charge in [-0.2, -0.15) is 5.10 Å². The number of carbonyl (C=O) groups is 1. The number of halogens is 1. The minimum atomic E-state index is -0.582. The molecule has 7 heteroatoms. The Kier molecular flexibility index (Phi) is 5.26. The van der Waals surface area contributed by atoms with Crippen LogP contribution in [0.25, 0.3) is 0 Å². The fourth-order valence-electron chi connectivity index (χ4n) is 1.26. The Morgan fingerprint density at radius 3 is 2.67 bits per heavy atom. The lowest BCUT2D eigenvalue weighted by Gasteiger charge is -2.12. The molecule has 98 valence electrons. The van der Waals surface area contributed by atoms with Crippen LogP contribution >= 0.6 is 11.6 Å². The summed E-state index contributed by atoms with van der Waals surface area (Å²) in [5, 5.41) is 3.77. The summed E-state index contributed by atoms with van der Waals surface area (Å²) in [5.41, 5.74) is 5.60. The number of primary amides is 1. The molecule has 0 aromatic heterocycles. The van der Waals surface area contributed by atoms with Gasteiger partial charge in [0.2, 0.25) is 0 Å². The third-order valence-electron chi connectivity index (χ3n) is 1.95. The van der Waals surface area contributed by atoms with E-state index in [0.717, 1.165) is 0 Å². The third-order valence-corrected chi connectivity index (χ3v) is 2.27. The van der Waals surface area contributed by atoms with Crippen LogP contribution in [0.1, 0.15) is 12.5 Å². The van der Waals surface area contributed by atoms with E-state index in [9.17, 15) is 4.79 Å². The lowest BCUT2D eigenvalue weighted by molar-refractivity contribution is -0.119. The minimum absolute atomic E-state index is 0.249. The summed E-state index contributed by atoms with van der Waals surface area (Å²) in [5.74, 6) is 5.27. The molecule has 0 aliphatic rings. The lowest BCUT2D eigenvalue weighted by Crippen LogP contribution is -2.20. The van der Waals surface area contributed by atoms with Crippen molar-refractivity contribution in [2.75, 3.05) is 13.2 Å². The minimum Gasteiger partial charge on any atom is -0.490 e. The number of amides is 1. The van der Waals surface area contributed by atoms with Gasteiger partial charge in [0, 0.05) is 11.6 Å². The van der Waals surface area contributed by atoms with Crippen molar-refractivity contribution in [2.45, 2.75) is 6.92 Å². The van der Waals surface area contributed by atoms with Gasteiger partial charge in [0.15, 0.2) is 18.1 Å². The Morgan fingerprint density at radius 2 is 2.11 bits per heavy atom. The summed E-state index contributed by atoms with van der Waals surface area (Å²) in [6, 6.07) is 3.14. The van der Waals surface area contributed by atoms with Crippen LogP contribution in [0.4, 0.5) is 0 Å². The predicted molar refractivity (Wildman–Crippen MR) is 69.1 cm³/mol. The number of carbonyl (C=O) groups excluding carboxylic acids is 1. The molecule has 0 spiro atoms. The van der Waals surface area contributed by atoms with E-state index in [0.29, 0.717) is 28.7 Å². The van der Waals surface area contributed by atoms with Crippen LogP contribution in [-0.2, 0) is 4.79 Å². The number of hydrogen-bond donors (Lipinski definition) is 2. The van der Waals surface area contributed by atoms with Crippen LogP contribution in [-0.4, -0.2) is 25.3 Å². The van der Waals surface area contributed by atoms with Gasteiger partial charge in [-0.1, -0.05) is 11.6 Å². The molecule has 1 rings (SSSR count). The highest BCUT2D eigenvalue weighted by Gasteiger charge is 2.11. The van der Waals surface area contributed by atoms with Crippen molar-refractivity contribution in [3.63, 3.8) is 0 Å². The molecule has 1 aromatic carbocycles. The zero-order valence-corrected chi connectivity index (χ0v) is 10.6. The Hall–Kier alpha value is -1.95. The molecular formula is C11H14ClN3O3. The zero-order chi connectivity index (χ0) is 13.5. The maximum absolute atomic E-state index is 10.7. The predicted octanol–water partition coefficient (Wildman–Crippen LogP) is 0.895. The normalized spacial score (nSPS) is 10.6. The summed E-state index contributed by atoms with van der Waals surface area (Å²) < 4.78 is 10.6. The Labute approximate surface area is 109 Å². The molecule has 0 atom stereocenters. The van der Waals surface area contributed by atoms with Crippen molar-refractivity contribution in [2.24, 2.45) is 16.7 Å². The number of rotatable bonds is 6. The molecule has 1 aromatic rings. The zero-order valence-electron chi connectivity index (χ0n) is 9.85. The molecule has 0 heterocycles. The van der Waals surface area contributed by atoms with Gasteiger partial charge < -0.3 is 21.1 Å². The molecule has 4 N–H and O–H groups in total. The third kappa shape index (κ3) is 3.81. The second-order valence-corrected chi connectivity index (χ2v) is 3.69. The first kappa shape index (κ1) is 14.1. The van der Waals surface area contributed by atoms with Gasteiger partial charge in [-0.05, 0) is 13.0 Å². The molecule has 18 heavy (non-hydrogen) atoms. The van der Waals surface area contributed by atoms with Crippen LogP contribution in [0.5, 0.6) is 11.5 Å². The number of hydrogen-bond acceptors (Lipinski definition) is 5. The van der Waals surface area contributed by atoms with E-state index >= 15 is 0 Å². The molecule has 0 saturated heterocycles. The van der Waals surface area contributed by atoms with E-state index in [1.165, 1.54) is 12.3 Å². The SMILES string of the molecule is CCOc1cc(C=NN)c(Cl)cc1OCC(N)=O. The van der Waals surface area contributed by atoms with E-state index in [1.54, 1.807) is 6.07 Å². The van der Waals surface area contributed by atoms with E-state index in [-0.39, 0.29) is 6.61 Å². The summed E-state index contributed by atoms with van der Waals surface area (Å²) in [6.07, 6.45) is 1.39. The average Bonchev–Trinajstić information content (AvgIpc) is 2.31. The Morgan fingerprint density at radius 1 is 1.44 bits per heavy atom. The van der Waals surface area contributed by atoms with Crippen molar-refractivity contribution in [1.29, 1.82) is 0 Å². The van der Waals surface area contributed by atoms with Gasteiger partial charge >= 0.3 is 0 Å². The van der Waals surface area contributed by atoms with Crippen LogP contribution in [0.2, 0.25) is 5.02 Å². The van der Waals surface area contributed by atoms with E-state index in [4.69, 9.17) is 32.7 Å². The van der Waals surface area contributed by atoms with Crippen molar-refractivity contribution < 1.29 is 14.3 Å². The van der Waals surface area contributed by atoms with Gasteiger partial charge in [-0.25, -0.2) is 0 Å². The van der Waals surface area contributed by atoms with Crippen molar-refractivity contribution in [1.82, 2.24) is 0 Å². The van der Waals surface area contributed by atoms with Crippen molar-refractivity contribution in [3.05, 3.63) is 22.7 Å². The van der Waals surface area contributed by atoms with Gasteiger partial charge in [0.25, 0.3) is 5.91 Å². The smallest absolute Gasteiger partial charge is 0.255 e. The summed E-state index contributed by atoms with van der Waals surface area (Å²) in [6.45, 7) is 2.01. The number of nitrogens with two attached hydrogens (primary N) is 2. The highest BCUT2D eigenvalue weighted by atomic mass is 35.5. The quantitative estimate of drug-likeness (QED) is 0.456. The van der Waals surface area contributed by atoms with Gasteiger partial charge in [0.1, 0.15) is 0 Å². The largest absolute Gasteiger partial charge is 0.490 e. The first-order valence-electron chi connectivity index (χ1n) is 5.19. The van der Waals surface area contributed by atoms with Gasteiger partial charge in [0.05, 0.1) is 17.8 Å². The molecular weight excluding hydrogens is 258 g/mol. The first-order chi connectivity index (χ1) is 8.58. The fourth-order valence-corrected chi connectivity index (χ4v) is 1.46. The Balaban J connectivity index is 3.07. The molecule has 0 radical (unpaired) electrons. The number of ether oxygens (including phenoxy) is 2. The van der Waals surface area contributed by atoms with Gasteiger partial charge in [-0.15, -0.1) is 0 Å². The maximum atomic E-state index is 10.7. The van der Waals surface area contributed by atoms with E-state index in [1.807, 2.05) is 6.92 Å². The molecule has 0 unspecified atom stereocenters. The monoisotopic (exact) mass is 271 g/mol. The van der Waals surface area contributed by atoms with E-state index in [2.05, 4.69) is 5.10 Å². The van der Waals surface area contributed by atoms with Crippen LogP contribution in [0.3, 0.4) is 0 Å². The van der Waals surface area contributed by atoms with Crippen LogP contribution < -0.4 is 21.1 Å². The first-order valence-corrected chi connectivity index (χ1v) is 5.57. The summed E-state index contributed by atoms with van der Waals surface area (Å²) in [7, 11) is 0. The standard InChI is InChI=1S/C11H14ClN3O3/c1-2-17-9-3-7(5-15-14)8(12)4-10(9)18-6-11(13)16/h3-5H,2,6,14H2,1H3,(H2,13,16). The van der Waals surface area contributed by atoms with Crippen LogP contribution in [0, 0.1) is 0 Å². The Bertz CT molecular complexity index is 463. The number of nitrogens with zero attached hydrogens (tertiary/aromatic N) is 1. The molecule has 0 bridgehead atoms. The highest BCUT2D eigenvalue weighted by molar-refractivity contribution is 6.33. The highest BCUT2D eigenvalue weighted by Crippen LogP contribution is 2.32. The second kappa shape index (κ2) is 6.70. The lowest BCUT2D eigenvalue weighted by atomic mass is 10.2. The number of hydrazone groups is 1. The fraction of sp³-hybridized carbons (Fsp3) is 0.273. The maximum Gasteiger partial charge on any atom is 0.255 e. The molecule has 0 aliphatic heterocycles. The van der Waals surface area contributed by atoms with Crippen molar-refractivity contribution in [3.8, 4) is 11.5 Å².